The highest BCUT2D eigenvalue weighted by molar-refractivity contribution is 7.93. The fourth-order valence-electron chi connectivity index (χ4n) is 1.32. The van der Waals surface area contributed by atoms with Crippen LogP contribution in [0.2, 0.25) is 0 Å². The first-order valence-corrected chi connectivity index (χ1v) is 7.88. The average molecular weight is 290 g/mol. The maximum atomic E-state index is 12.1. The standard InChI is InChI=1S/C10H18N4O2S2/c1-6(2)4-8(11)9(15)14-18(12,16)10-13-5-7(3)17-10/h5-6,8H,4,11H2,1-3H3,(H2,12,14,15,16)/t8-,18?/m0/s1. The van der Waals surface area contributed by atoms with Gasteiger partial charge in [0, 0.05) is 11.1 Å². The van der Waals surface area contributed by atoms with Gasteiger partial charge in [0.05, 0.1) is 6.04 Å². The van der Waals surface area contributed by atoms with Gasteiger partial charge in [0.1, 0.15) is 0 Å². The minimum atomic E-state index is -3.27. The van der Waals surface area contributed by atoms with E-state index in [4.69, 9.17) is 10.9 Å². The largest absolute Gasteiger partial charge is 0.320 e. The van der Waals surface area contributed by atoms with Gasteiger partial charge in [-0.05, 0) is 19.3 Å². The molecule has 0 bridgehead atoms. The van der Waals surface area contributed by atoms with E-state index in [1.807, 2.05) is 20.8 Å². The smallest absolute Gasteiger partial charge is 0.272 e. The second-order valence-corrected chi connectivity index (χ2v) is 7.67. The lowest BCUT2D eigenvalue weighted by Gasteiger charge is -2.10. The van der Waals surface area contributed by atoms with Crippen LogP contribution in [0.5, 0.6) is 0 Å². The highest BCUT2D eigenvalue weighted by Crippen LogP contribution is 2.17. The first kappa shape index (κ1) is 15.2. The van der Waals surface area contributed by atoms with Gasteiger partial charge in [-0.25, -0.2) is 14.3 Å². The zero-order chi connectivity index (χ0) is 13.9. The van der Waals surface area contributed by atoms with Crippen LogP contribution >= 0.6 is 11.3 Å². The van der Waals surface area contributed by atoms with Crippen LogP contribution in [0.4, 0.5) is 0 Å². The van der Waals surface area contributed by atoms with Crippen molar-refractivity contribution in [3.05, 3.63) is 11.1 Å². The van der Waals surface area contributed by atoms with Gasteiger partial charge in [0.2, 0.25) is 4.34 Å². The molecule has 1 rings (SSSR count). The Kier molecular flexibility index (Phi) is 4.97. The van der Waals surface area contributed by atoms with Crippen molar-refractivity contribution in [2.75, 3.05) is 0 Å². The number of rotatable bonds is 4. The second kappa shape index (κ2) is 5.87. The Bertz CT molecular complexity index is 544. The highest BCUT2D eigenvalue weighted by atomic mass is 32.2. The lowest BCUT2D eigenvalue weighted by Crippen LogP contribution is -2.32. The molecule has 1 aromatic heterocycles. The molecule has 0 aliphatic heterocycles. The molecule has 0 saturated heterocycles. The molecule has 0 radical (unpaired) electrons. The lowest BCUT2D eigenvalue weighted by molar-refractivity contribution is -0.119. The summed E-state index contributed by atoms with van der Waals surface area (Å²) in [6.07, 6.45) is 2.02. The Hall–Kier alpha value is -0.830. The van der Waals surface area contributed by atoms with Gasteiger partial charge < -0.3 is 5.73 Å². The first-order chi connectivity index (χ1) is 8.22. The molecule has 6 nitrogen and oxygen atoms in total. The lowest BCUT2D eigenvalue weighted by atomic mass is 10.0. The van der Waals surface area contributed by atoms with Crippen molar-refractivity contribution in [3.63, 3.8) is 0 Å². The average Bonchev–Trinajstić information content (AvgIpc) is 2.63. The van der Waals surface area contributed by atoms with Gasteiger partial charge in [0.15, 0.2) is 9.92 Å². The minimum Gasteiger partial charge on any atom is -0.320 e. The molecule has 0 aliphatic rings. The fourth-order valence-corrected chi connectivity index (χ4v) is 3.47. The highest BCUT2D eigenvalue weighted by Gasteiger charge is 2.19. The van der Waals surface area contributed by atoms with Crippen molar-refractivity contribution < 1.29 is 9.00 Å². The van der Waals surface area contributed by atoms with Crippen molar-refractivity contribution in [3.8, 4) is 0 Å². The number of nitrogens with two attached hydrogens (primary N) is 2. The van der Waals surface area contributed by atoms with Crippen LogP contribution < -0.4 is 10.9 Å². The van der Waals surface area contributed by atoms with Crippen LogP contribution in [0, 0.1) is 12.8 Å². The molecule has 1 aromatic rings. The van der Waals surface area contributed by atoms with E-state index < -0.39 is 21.9 Å². The van der Waals surface area contributed by atoms with Gasteiger partial charge in [-0.3, -0.25) is 4.79 Å². The summed E-state index contributed by atoms with van der Waals surface area (Å²) < 4.78 is 15.8. The summed E-state index contributed by atoms with van der Waals surface area (Å²) >= 11 is 1.16. The third-order valence-electron chi connectivity index (χ3n) is 2.12. The van der Waals surface area contributed by atoms with Crippen molar-refractivity contribution in [1.29, 1.82) is 0 Å². The number of aryl methyl sites for hydroxylation is 1. The summed E-state index contributed by atoms with van der Waals surface area (Å²) in [5.41, 5.74) is 5.67. The normalized spacial score (nSPS) is 16.3. The van der Waals surface area contributed by atoms with E-state index in [-0.39, 0.29) is 10.3 Å². The van der Waals surface area contributed by atoms with Gasteiger partial charge in [-0.1, -0.05) is 13.8 Å². The molecule has 0 aliphatic carbocycles. The number of amides is 1. The van der Waals surface area contributed by atoms with Crippen molar-refractivity contribution in [2.45, 2.75) is 37.6 Å². The number of hydrogen-bond acceptors (Lipinski definition) is 5. The number of nitrogens with zero attached hydrogens (tertiary/aromatic N) is 2. The number of aromatic nitrogens is 1. The molecule has 4 N–H and O–H groups in total. The van der Waals surface area contributed by atoms with E-state index in [2.05, 4.69) is 9.35 Å². The van der Waals surface area contributed by atoms with Gasteiger partial charge in [-0.15, -0.1) is 15.7 Å². The molecule has 2 atom stereocenters. The number of thiazole rings is 1. The molecule has 0 spiro atoms. The molecule has 0 aromatic carbocycles. The van der Waals surface area contributed by atoms with Crippen LogP contribution in [0.25, 0.3) is 0 Å². The first-order valence-electron chi connectivity index (χ1n) is 5.49. The van der Waals surface area contributed by atoms with E-state index in [9.17, 15) is 9.00 Å². The third-order valence-corrected chi connectivity index (χ3v) is 4.85. The third kappa shape index (κ3) is 4.13. The van der Waals surface area contributed by atoms with Crippen LogP contribution in [0.1, 0.15) is 25.1 Å². The molecular formula is C10H18N4O2S2. The SMILES string of the molecule is Cc1cnc(S(N)(=O)=NC(=O)[C@@H](N)CC(C)C)s1. The van der Waals surface area contributed by atoms with E-state index in [0.29, 0.717) is 6.42 Å². The Labute approximate surface area is 111 Å². The molecule has 18 heavy (non-hydrogen) atoms. The summed E-state index contributed by atoms with van der Waals surface area (Å²) in [6.45, 7) is 5.69. The molecule has 1 heterocycles. The van der Waals surface area contributed by atoms with E-state index in [1.54, 1.807) is 6.20 Å². The molecule has 0 saturated carbocycles. The number of carbonyl (C=O) groups is 1. The van der Waals surface area contributed by atoms with E-state index in [1.165, 1.54) is 0 Å². The Morgan fingerprint density at radius 1 is 1.61 bits per heavy atom. The molecule has 102 valence electrons. The predicted molar refractivity (Wildman–Crippen MR) is 72.3 cm³/mol. The van der Waals surface area contributed by atoms with Crippen LogP contribution in [-0.4, -0.2) is 21.1 Å². The topological polar surface area (TPSA) is 111 Å². The molecule has 8 heteroatoms. The fraction of sp³-hybridized carbons (Fsp3) is 0.600. The van der Waals surface area contributed by atoms with Crippen molar-refractivity contribution in [1.82, 2.24) is 4.98 Å². The van der Waals surface area contributed by atoms with Crippen LogP contribution in [0.15, 0.2) is 14.9 Å². The second-order valence-electron chi connectivity index (χ2n) is 4.47. The maximum absolute atomic E-state index is 12.1. The van der Waals surface area contributed by atoms with Crippen molar-refractivity contribution >= 4 is 27.2 Å². The zero-order valence-electron chi connectivity index (χ0n) is 10.6. The van der Waals surface area contributed by atoms with Gasteiger partial charge >= 0.3 is 0 Å². The summed E-state index contributed by atoms with van der Waals surface area (Å²) in [6, 6.07) is -0.768. The Morgan fingerprint density at radius 2 is 2.22 bits per heavy atom. The van der Waals surface area contributed by atoms with Crippen LogP contribution in [-0.2, 0) is 14.7 Å². The molecule has 1 amide bonds. The summed E-state index contributed by atoms with van der Waals surface area (Å²) in [5, 5.41) is 5.55. The van der Waals surface area contributed by atoms with Crippen LogP contribution in [0.3, 0.4) is 0 Å². The number of carbonyl (C=O) groups excluding carboxylic acids is 1. The number of hydrogen-bond donors (Lipinski definition) is 2. The molecular weight excluding hydrogens is 272 g/mol. The minimum absolute atomic E-state index is 0.157. The molecule has 0 fully saturated rings. The molecule has 1 unspecified atom stereocenters. The predicted octanol–water partition coefficient (Wildman–Crippen LogP) is 1.05. The summed E-state index contributed by atoms with van der Waals surface area (Å²) in [7, 11) is -3.27. The summed E-state index contributed by atoms with van der Waals surface area (Å²) in [4.78, 5) is 16.5. The zero-order valence-corrected chi connectivity index (χ0v) is 12.3. The Balaban J connectivity index is 2.94. The van der Waals surface area contributed by atoms with Crippen molar-refractivity contribution in [2.24, 2.45) is 21.2 Å². The monoisotopic (exact) mass is 290 g/mol. The van der Waals surface area contributed by atoms with Gasteiger partial charge in [0.25, 0.3) is 5.91 Å². The quantitative estimate of drug-likeness (QED) is 0.863. The maximum Gasteiger partial charge on any atom is 0.272 e. The van der Waals surface area contributed by atoms with E-state index >= 15 is 0 Å². The van der Waals surface area contributed by atoms with Gasteiger partial charge in [-0.2, -0.15) is 0 Å². The van der Waals surface area contributed by atoms with E-state index in [0.717, 1.165) is 16.2 Å². The summed E-state index contributed by atoms with van der Waals surface area (Å²) in [5.74, 6) is -0.376. The Morgan fingerprint density at radius 3 is 2.67 bits per heavy atom.